The SMILES string of the molecule is CCCC/C=C/CCC/C=C\CCCCCOC(C)=O. The van der Waals surface area contributed by atoms with E-state index in [1.165, 1.54) is 51.9 Å². The highest BCUT2D eigenvalue weighted by Crippen LogP contribution is 2.04. The molecule has 116 valence electrons. The van der Waals surface area contributed by atoms with Crippen molar-refractivity contribution in [1.82, 2.24) is 0 Å². The molecular formula is C18H32O2. The van der Waals surface area contributed by atoms with Gasteiger partial charge in [0.25, 0.3) is 0 Å². The minimum atomic E-state index is -0.173. The second-order valence-electron chi connectivity index (χ2n) is 5.21. The maximum absolute atomic E-state index is 10.5. The summed E-state index contributed by atoms with van der Waals surface area (Å²) in [5.74, 6) is -0.173. The predicted octanol–water partition coefficient (Wildman–Crippen LogP) is 5.58. The van der Waals surface area contributed by atoms with E-state index in [2.05, 4.69) is 31.2 Å². The van der Waals surface area contributed by atoms with Crippen LogP contribution in [0.2, 0.25) is 0 Å². The summed E-state index contributed by atoms with van der Waals surface area (Å²) in [5.41, 5.74) is 0. The molecule has 0 saturated carbocycles. The molecule has 0 aromatic rings. The van der Waals surface area contributed by atoms with Gasteiger partial charge in [-0.1, -0.05) is 44.1 Å². The Morgan fingerprint density at radius 3 is 1.90 bits per heavy atom. The van der Waals surface area contributed by atoms with Crippen LogP contribution in [0.5, 0.6) is 0 Å². The van der Waals surface area contributed by atoms with E-state index in [4.69, 9.17) is 4.74 Å². The molecule has 0 aliphatic heterocycles. The Hall–Kier alpha value is -1.05. The summed E-state index contributed by atoms with van der Waals surface area (Å²) in [4.78, 5) is 10.5. The van der Waals surface area contributed by atoms with Gasteiger partial charge in [0, 0.05) is 6.92 Å². The van der Waals surface area contributed by atoms with Gasteiger partial charge in [-0.3, -0.25) is 4.79 Å². The molecule has 0 rings (SSSR count). The first kappa shape index (κ1) is 18.9. The van der Waals surface area contributed by atoms with Gasteiger partial charge < -0.3 is 4.74 Å². The second kappa shape index (κ2) is 16.0. The fourth-order valence-corrected chi connectivity index (χ4v) is 1.90. The first-order valence-electron chi connectivity index (χ1n) is 8.20. The van der Waals surface area contributed by atoms with E-state index in [9.17, 15) is 4.79 Å². The third-order valence-corrected chi connectivity index (χ3v) is 3.12. The summed E-state index contributed by atoms with van der Waals surface area (Å²) >= 11 is 0. The molecular weight excluding hydrogens is 248 g/mol. The van der Waals surface area contributed by atoms with Crippen molar-refractivity contribution in [2.45, 2.75) is 78.1 Å². The van der Waals surface area contributed by atoms with Crippen molar-refractivity contribution >= 4 is 5.97 Å². The number of carbonyl (C=O) groups excluding carboxylic acids is 1. The number of hydrogen-bond donors (Lipinski definition) is 0. The normalized spacial score (nSPS) is 11.5. The van der Waals surface area contributed by atoms with Crippen molar-refractivity contribution in [3.8, 4) is 0 Å². The van der Waals surface area contributed by atoms with Crippen LogP contribution in [0, 0.1) is 0 Å². The van der Waals surface area contributed by atoms with Gasteiger partial charge in [0.05, 0.1) is 6.61 Å². The number of hydrogen-bond acceptors (Lipinski definition) is 2. The molecule has 0 bridgehead atoms. The van der Waals surface area contributed by atoms with E-state index < -0.39 is 0 Å². The minimum absolute atomic E-state index is 0.173. The maximum atomic E-state index is 10.5. The van der Waals surface area contributed by atoms with Crippen molar-refractivity contribution in [3.05, 3.63) is 24.3 Å². The fraction of sp³-hybridized carbons (Fsp3) is 0.722. The highest BCUT2D eigenvalue weighted by atomic mass is 16.5. The molecule has 0 amide bonds. The van der Waals surface area contributed by atoms with Crippen LogP contribution in [0.1, 0.15) is 78.1 Å². The standard InChI is InChI=1S/C18H32O2/c1-3-4-5-6-7-8-9-10-11-12-13-14-15-16-17-20-18(2)19/h6-7,11-12H,3-5,8-10,13-17H2,1-2H3/b7-6+,12-11-. The molecule has 2 heteroatoms. The van der Waals surface area contributed by atoms with E-state index >= 15 is 0 Å². The topological polar surface area (TPSA) is 26.3 Å². The van der Waals surface area contributed by atoms with Gasteiger partial charge >= 0.3 is 5.97 Å². The second-order valence-corrected chi connectivity index (χ2v) is 5.21. The van der Waals surface area contributed by atoms with E-state index in [1.807, 2.05) is 0 Å². The Balaban J connectivity index is 3.16. The van der Waals surface area contributed by atoms with Crippen LogP contribution < -0.4 is 0 Å². The van der Waals surface area contributed by atoms with Crippen molar-refractivity contribution in [2.24, 2.45) is 0 Å². The average molecular weight is 280 g/mol. The van der Waals surface area contributed by atoms with Gasteiger partial charge in [-0.05, 0) is 51.4 Å². The monoisotopic (exact) mass is 280 g/mol. The van der Waals surface area contributed by atoms with Gasteiger partial charge in [-0.25, -0.2) is 0 Å². The Kier molecular flexibility index (Phi) is 15.2. The van der Waals surface area contributed by atoms with Gasteiger partial charge in [-0.2, -0.15) is 0 Å². The maximum Gasteiger partial charge on any atom is 0.302 e. The number of rotatable bonds is 13. The molecule has 20 heavy (non-hydrogen) atoms. The largest absolute Gasteiger partial charge is 0.466 e. The molecule has 0 N–H and O–H groups in total. The molecule has 0 aliphatic rings. The Labute approximate surface area is 125 Å². The van der Waals surface area contributed by atoms with Gasteiger partial charge in [0.15, 0.2) is 0 Å². The van der Waals surface area contributed by atoms with Crippen molar-refractivity contribution in [1.29, 1.82) is 0 Å². The third-order valence-electron chi connectivity index (χ3n) is 3.12. The quantitative estimate of drug-likeness (QED) is 0.250. The summed E-state index contributed by atoms with van der Waals surface area (Å²) in [5, 5.41) is 0. The molecule has 0 atom stereocenters. The summed E-state index contributed by atoms with van der Waals surface area (Å²) in [6, 6.07) is 0. The first-order valence-corrected chi connectivity index (χ1v) is 8.20. The van der Waals surface area contributed by atoms with Crippen LogP contribution in [-0.2, 0) is 9.53 Å². The Morgan fingerprint density at radius 2 is 1.35 bits per heavy atom. The lowest BCUT2D eigenvalue weighted by Crippen LogP contribution is -1.99. The third kappa shape index (κ3) is 16.9. The summed E-state index contributed by atoms with van der Waals surface area (Å²) in [7, 11) is 0. The van der Waals surface area contributed by atoms with Crippen LogP contribution >= 0.6 is 0 Å². The van der Waals surface area contributed by atoms with E-state index in [1.54, 1.807) is 0 Å². The van der Waals surface area contributed by atoms with E-state index in [0.717, 1.165) is 19.3 Å². The zero-order valence-electron chi connectivity index (χ0n) is 13.4. The lowest BCUT2D eigenvalue weighted by molar-refractivity contribution is -0.141. The van der Waals surface area contributed by atoms with Crippen LogP contribution in [0.25, 0.3) is 0 Å². The molecule has 0 aromatic carbocycles. The van der Waals surface area contributed by atoms with Crippen LogP contribution in [-0.4, -0.2) is 12.6 Å². The van der Waals surface area contributed by atoms with E-state index in [0.29, 0.717) is 6.61 Å². The van der Waals surface area contributed by atoms with Crippen LogP contribution in [0.4, 0.5) is 0 Å². The Morgan fingerprint density at radius 1 is 0.800 bits per heavy atom. The lowest BCUT2D eigenvalue weighted by Gasteiger charge is -2.00. The predicted molar refractivity (Wildman–Crippen MR) is 86.8 cm³/mol. The summed E-state index contributed by atoms with van der Waals surface area (Å²) in [6.07, 6.45) is 21.2. The van der Waals surface area contributed by atoms with Gasteiger partial charge in [-0.15, -0.1) is 0 Å². The molecule has 0 aromatic heterocycles. The van der Waals surface area contributed by atoms with Crippen LogP contribution in [0.15, 0.2) is 24.3 Å². The Bertz CT molecular complexity index is 267. The number of ether oxygens (including phenoxy) is 1. The van der Waals surface area contributed by atoms with E-state index in [-0.39, 0.29) is 5.97 Å². The zero-order chi connectivity index (χ0) is 14.9. The highest BCUT2D eigenvalue weighted by molar-refractivity contribution is 5.65. The molecule has 0 fully saturated rings. The molecule has 2 nitrogen and oxygen atoms in total. The van der Waals surface area contributed by atoms with Crippen molar-refractivity contribution in [2.75, 3.05) is 6.61 Å². The smallest absolute Gasteiger partial charge is 0.302 e. The number of unbranched alkanes of at least 4 members (excludes halogenated alkanes) is 7. The molecule has 0 aliphatic carbocycles. The lowest BCUT2D eigenvalue weighted by atomic mass is 10.1. The first-order chi connectivity index (χ1) is 9.77. The van der Waals surface area contributed by atoms with Gasteiger partial charge in [0.1, 0.15) is 0 Å². The zero-order valence-corrected chi connectivity index (χ0v) is 13.4. The molecule has 0 heterocycles. The summed E-state index contributed by atoms with van der Waals surface area (Å²) < 4.78 is 4.89. The molecule has 0 radical (unpaired) electrons. The summed E-state index contributed by atoms with van der Waals surface area (Å²) in [6.45, 7) is 4.26. The highest BCUT2D eigenvalue weighted by Gasteiger charge is 1.92. The van der Waals surface area contributed by atoms with Crippen molar-refractivity contribution < 1.29 is 9.53 Å². The van der Waals surface area contributed by atoms with Crippen LogP contribution in [0.3, 0.4) is 0 Å². The fourth-order valence-electron chi connectivity index (χ4n) is 1.90. The molecule has 0 unspecified atom stereocenters. The molecule has 0 saturated heterocycles. The number of carbonyl (C=O) groups is 1. The molecule has 0 spiro atoms. The van der Waals surface area contributed by atoms with Crippen molar-refractivity contribution in [3.63, 3.8) is 0 Å². The average Bonchev–Trinajstić information content (AvgIpc) is 2.43. The number of allylic oxidation sites excluding steroid dienone is 4. The van der Waals surface area contributed by atoms with Gasteiger partial charge in [0.2, 0.25) is 0 Å². The minimum Gasteiger partial charge on any atom is -0.466 e. The number of esters is 1.